The lowest BCUT2D eigenvalue weighted by atomic mass is 10.1. The molecule has 0 aromatic heterocycles. The van der Waals surface area contributed by atoms with Crippen molar-refractivity contribution in [3.8, 4) is 0 Å². The van der Waals surface area contributed by atoms with Gasteiger partial charge in [0.25, 0.3) is 0 Å². The molecule has 1 N–H and O–H groups in total. The number of carbonyl (C=O) groups excluding carboxylic acids is 2. The lowest BCUT2D eigenvalue weighted by Crippen LogP contribution is -2.30. The predicted molar refractivity (Wildman–Crippen MR) is 79.4 cm³/mol. The van der Waals surface area contributed by atoms with Crippen LogP contribution in [0.4, 0.5) is 0 Å². The number of esters is 1. The summed E-state index contributed by atoms with van der Waals surface area (Å²) in [5.74, 6) is 0.366. The summed E-state index contributed by atoms with van der Waals surface area (Å²) in [5.41, 5.74) is 0.973. The highest BCUT2D eigenvalue weighted by atomic mass is 32.2. The van der Waals surface area contributed by atoms with Gasteiger partial charge >= 0.3 is 5.97 Å². The number of ether oxygens (including phenoxy) is 1. The molecule has 1 aromatic carbocycles. The average molecular weight is 293 g/mol. The zero-order valence-corrected chi connectivity index (χ0v) is 12.3. The molecule has 1 aliphatic carbocycles. The van der Waals surface area contributed by atoms with Gasteiger partial charge in [-0.25, -0.2) is 0 Å². The van der Waals surface area contributed by atoms with Crippen molar-refractivity contribution in [1.29, 1.82) is 0 Å². The fourth-order valence-electron chi connectivity index (χ4n) is 1.82. The number of rotatable bonds is 7. The molecule has 1 atom stereocenters. The van der Waals surface area contributed by atoms with Gasteiger partial charge in [-0.2, -0.15) is 0 Å². The topological polar surface area (TPSA) is 55.4 Å². The van der Waals surface area contributed by atoms with Crippen LogP contribution in [0.15, 0.2) is 30.3 Å². The molecule has 1 saturated carbocycles. The van der Waals surface area contributed by atoms with Crippen LogP contribution in [0.2, 0.25) is 0 Å². The number of hydrogen-bond donors (Lipinski definition) is 1. The Kier molecular flexibility index (Phi) is 5.47. The number of amides is 1. The quantitative estimate of drug-likeness (QED) is 0.784. The number of carbonyl (C=O) groups is 2. The molecule has 20 heavy (non-hydrogen) atoms. The van der Waals surface area contributed by atoms with Crippen molar-refractivity contribution < 1.29 is 14.3 Å². The molecule has 0 bridgehead atoms. The fourth-order valence-corrected chi connectivity index (χ4v) is 2.91. The summed E-state index contributed by atoms with van der Waals surface area (Å²) in [5, 5.41) is 2.77. The third kappa shape index (κ3) is 4.56. The van der Waals surface area contributed by atoms with Crippen molar-refractivity contribution in [1.82, 2.24) is 5.32 Å². The molecule has 0 heterocycles. The largest absolute Gasteiger partial charge is 0.469 e. The van der Waals surface area contributed by atoms with Gasteiger partial charge < -0.3 is 10.1 Å². The van der Waals surface area contributed by atoms with Crippen LogP contribution in [-0.4, -0.2) is 30.8 Å². The first-order valence-electron chi connectivity index (χ1n) is 6.74. The second kappa shape index (κ2) is 7.33. The molecular formula is C15H19NO3S. The molecule has 5 heteroatoms. The fraction of sp³-hybridized carbons (Fsp3) is 0.467. The Morgan fingerprint density at radius 1 is 1.35 bits per heavy atom. The molecule has 0 aliphatic heterocycles. The van der Waals surface area contributed by atoms with Crippen LogP contribution in [0, 0.1) is 0 Å². The van der Waals surface area contributed by atoms with Crippen molar-refractivity contribution in [2.75, 3.05) is 12.9 Å². The van der Waals surface area contributed by atoms with E-state index in [0.29, 0.717) is 18.2 Å². The Morgan fingerprint density at radius 2 is 2.05 bits per heavy atom. The van der Waals surface area contributed by atoms with Crippen molar-refractivity contribution >= 4 is 23.6 Å². The van der Waals surface area contributed by atoms with Crippen LogP contribution in [0.1, 0.15) is 30.1 Å². The van der Waals surface area contributed by atoms with Gasteiger partial charge in [-0.1, -0.05) is 30.3 Å². The van der Waals surface area contributed by atoms with Gasteiger partial charge in [0.1, 0.15) is 5.25 Å². The van der Waals surface area contributed by atoms with Crippen molar-refractivity contribution in [2.45, 2.75) is 30.6 Å². The maximum absolute atomic E-state index is 12.3. The second-order valence-electron chi connectivity index (χ2n) is 4.77. The normalized spacial score (nSPS) is 15.4. The summed E-state index contributed by atoms with van der Waals surface area (Å²) in [6.45, 7) is 0. The smallest absolute Gasteiger partial charge is 0.306 e. The van der Waals surface area contributed by atoms with E-state index in [1.165, 1.54) is 18.9 Å². The lowest BCUT2D eigenvalue weighted by Gasteiger charge is -2.16. The molecule has 0 saturated heterocycles. The third-order valence-corrected chi connectivity index (χ3v) is 4.34. The van der Waals surface area contributed by atoms with Gasteiger partial charge in [0.2, 0.25) is 5.91 Å². The maximum Gasteiger partial charge on any atom is 0.306 e. The van der Waals surface area contributed by atoms with E-state index in [1.807, 2.05) is 30.3 Å². The molecule has 4 nitrogen and oxygen atoms in total. The monoisotopic (exact) mass is 293 g/mol. The molecule has 0 spiro atoms. The number of hydrogen-bond acceptors (Lipinski definition) is 4. The van der Waals surface area contributed by atoms with Crippen LogP contribution < -0.4 is 5.32 Å². The Hall–Kier alpha value is -1.49. The maximum atomic E-state index is 12.3. The molecule has 2 rings (SSSR count). The Morgan fingerprint density at radius 3 is 2.65 bits per heavy atom. The zero-order valence-electron chi connectivity index (χ0n) is 11.5. The zero-order chi connectivity index (χ0) is 14.4. The SMILES string of the molecule is COC(=O)CCSC(C(=O)NC1CC1)c1ccccc1. The molecule has 108 valence electrons. The third-order valence-electron chi connectivity index (χ3n) is 3.08. The first kappa shape index (κ1) is 14.9. The molecule has 1 unspecified atom stereocenters. The van der Waals surface area contributed by atoms with Crippen LogP contribution in [-0.2, 0) is 14.3 Å². The molecule has 0 radical (unpaired) electrons. The number of nitrogens with one attached hydrogen (secondary N) is 1. The van der Waals surface area contributed by atoms with E-state index in [0.717, 1.165) is 18.4 Å². The Balaban J connectivity index is 1.96. The van der Waals surface area contributed by atoms with E-state index in [1.54, 1.807) is 0 Å². The average Bonchev–Trinajstić information content (AvgIpc) is 3.28. The molecule has 1 amide bonds. The first-order chi connectivity index (χ1) is 9.70. The van der Waals surface area contributed by atoms with Crippen LogP contribution >= 0.6 is 11.8 Å². The predicted octanol–water partition coefficient (Wildman–Crippen LogP) is 2.30. The Bertz CT molecular complexity index is 459. The van der Waals surface area contributed by atoms with E-state index >= 15 is 0 Å². The highest BCUT2D eigenvalue weighted by Crippen LogP contribution is 2.31. The summed E-state index contributed by atoms with van der Waals surface area (Å²) in [6, 6.07) is 10.0. The number of thioether (sulfide) groups is 1. The van der Waals surface area contributed by atoms with E-state index in [9.17, 15) is 9.59 Å². The van der Waals surface area contributed by atoms with Crippen molar-refractivity contribution in [3.63, 3.8) is 0 Å². The highest BCUT2D eigenvalue weighted by Gasteiger charge is 2.28. The summed E-state index contributed by atoms with van der Waals surface area (Å²) in [7, 11) is 1.38. The van der Waals surface area contributed by atoms with Gasteiger partial charge in [-0.05, 0) is 18.4 Å². The highest BCUT2D eigenvalue weighted by molar-refractivity contribution is 8.00. The van der Waals surface area contributed by atoms with Gasteiger partial charge in [0.05, 0.1) is 13.5 Å². The number of methoxy groups -OCH3 is 1. The summed E-state index contributed by atoms with van der Waals surface area (Å²) in [6.07, 6.45) is 2.46. The minimum Gasteiger partial charge on any atom is -0.469 e. The summed E-state index contributed by atoms with van der Waals surface area (Å²) < 4.78 is 4.62. The van der Waals surface area contributed by atoms with E-state index in [4.69, 9.17) is 0 Å². The van der Waals surface area contributed by atoms with Crippen LogP contribution in [0.3, 0.4) is 0 Å². The van der Waals surface area contributed by atoms with Crippen LogP contribution in [0.5, 0.6) is 0 Å². The second-order valence-corrected chi connectivity index (χ2v) is 5.98. The van der Waals surface area contributed by atoms with E-state index in [2.05, 4.69) is 10.1 Å². The summed E-state index contributed by atoms with van der Waals surface area (Å²) >= 11 is 1.48. The van der Waals surface area contributed by atoms with E-state index in [-0.39, 0.29) is 17.1 Å². The van der Waals surface area contributed by atoms with Gasteiger partial charge in [-0.15, -0.1) is 11.8 Å². The standard InChI is InChI=1S/C15H19NO3S/c1-19-13(17)9-10-20-14(11-5-3-2-4-6-11)15(18)16-12-7-8-12/h2-6,12,14H,7-10H2,1H3,(H,16,18). The van der Waals surface area contributed by atoms with Gasteiger partial charge in [0.15, 0.2) is 0 Å². The lowest BCUT2D eigenvalue weighted by molar-refractivity contribution is -0.140. The van der Waals surface area contributed by atoms with Gasteiger partial charge in [0, 0.05) is 11.8 Å². The minimum absolute atomic E-state index is 0.0357. The molecule has 1 aromatic rings. The first-order valence-corrected chi connectivity index (χ1v) is 7.79. The number of benzene rings is 1. The minimum atomic E-state index is -0.263. The summed E-state index contributed by atoms with van der Waals surface area (Å²) in [4.78, 5) is 23.4. The van der Waals surface area contributed by atoms with Crippen LogP contribution in [0.25, 0.3) is 0 Å². The van der Waals surface area contributed by atoms with E-state index < -0.39 is 0 Å². The molecule has 1 fully saturated rings. The molecular weight excluding hydrogens is 274 g/mol. The van der Waals surface area contributed by atoms with Crippen molar-refractivity contribution in [2.24, 2.45) is 0 Å². The van der Waals surface area contributed by atoms with Crippen molar-refractivity contribution in [3.05, 3.63) is 35.9 Å². The van der Waals surface area contributed by atoms with Gasteiger partial charge in [-0.3, -0.25) is 9.59 Å². The Labute approximate surface area is 123 Å². The molecule has 1 aliphatic rings.